The van der Waals surface area contributed by atoms with E-state index in [0.29, 0.717) is 30.2 Å². The van der Waals surface area contributed by atoms with Crippen molar-refractivity contribution >= 4 is 17.8 Å². The Kier molecular flexibility index (Phi) is 5.63. The van der Waals surface area contributed by atoms with Gasteiger partial charge in [-0.1, -0.05) is 26.0 Å². The molecule has 0 amide bonds. The molecule has 6 nitrogen and oxygen atoms in total. The van der Waals surface area contributed by atoms with Crippen LogP contribution in [0.25, 0.3) is 11.1 Å². The Balaban J connectivity index is 2.40. The molecule has 3 rings (SSSR count). The molecular formula is C21H23FN2O4. The standard InChI is InChI=1S/C21H23FN2O4/c1-12(2)18-16(20(25)26)15(13-6-8-14(22)9-7-13)17(21(27)28)19(23-18)24-10-4-3-5-11-24/h6-9,12H,3-5,10-11H2,1-2H3,(H,25,26)(H,27,28). The van der Waals surface area contributed by atoms with Crippen molar-refractivity contribution < 1.29 is 24.2 Å². The second kappa shape index (κ2) is 7.96. The summed E-state index contributed by atoms with van der Waals surface area (Å²) in [6, 6.07) is 5.21. The van der Waals surface area contributed by atoms with Gasteiger partial charge in [0.25, 0.3) is 0 Å². The summed E-state index contributed by atoms with van der Waals surface area (Å²) in [5, 5.41) is 19.9. The summed E-state index contributed by atoms with van der Waals surface area (Å²) >= 11 is 0. The summed E-state index contributed by atoms with van der Waals surface area (Å²) in [7, 11) is 0. The van der Waals surface area contributed by atoms with Crippen LogP contribution in [0.4, 0.5) is 10.2 Å². The lowest BCUT2D eigenvalue weighted by Crippen LogP contribution is -2.33. The summed E-state index contributed by atoms with van der Waals surface area (Å²) in [6.45, 7) is 4.98. The molecule has 0 spiro atoms. The number of piperidine rings is 1. The van der Waals surface area contributed by atoms with Gasteiger partial charge in [0.2, 0.25) is 0 Å². The Morgan fingerprint density at radius 3 is 2.07 bits per heavy atom. The summed E-state index contributed by atoms with van der Waals surface area (Å²) in [6.07, 6.45) is 2.91. The molecule has 0 radical (unpaired) electrons. The fourth-order valence-corrected chi connectivity index (χ4v) is 3.67. The molecule has 7 heteroatoms. The van der Waals surface area contributed by atoms with Gasteiger partial charge in [0.1, 0.15) is 17.2 Å². The van der Waals surface area contributed by atoms with Crippen molar-refractivity contribution in [2.24, 2.45) is 0 Å². The monoisotopic (exact) mass is 386 g/mol. The van der Waals surface area contributed by atoms with Gasteiger partial charge in [0.15, 0.2) is 0 Å². The largest absolute Gasteiger partial charge is 0.478 e. The van der Waals surface area contributed by atoms with E-state index in [1.165, 1.54) is 24.3 Å². The van der Waals surface area contributed by atoms with E-state index < -0.39 is 17.8 Å². The first-order valence-corrected chi connectivity index (χ1v) is 9.36. The van der Waals surface area contributed by atoms with E-state index in [0.717, 1.165) is 19.3 Å². The zero-order chi connectivity index (χ0) is 20.4. The van der Waals surface area contributed by atoms with Crippen molar-refractivity contribution in [1.82, 2.24) is 4.98 Å². The summed E-state index contributed by atoms with van der Waals surface area (Å²) in [5.74, 6) is -2.91. The minimum Gasteiger partial charge on any atom is -0.478 e. The van der Waals surface area contributed by atoms with Gasteiger partial charge in [0, 0.05) is 18.7 Å². The van der Waals surface area contributed by atoms with Gasteiger partial charge < -0.3 is 15.1 Å². The van der Waals surface area contributed by atoms with Crippen LogP contribution in [0, 0.1) is 5.82 Å². The highest BCUT2D eigenvalue weighted by Gasteiger charge is 2.32. The van der Waals surface area contributed by atoms with Crippen molar-refractivity contribution in [2.75, 3.05) is 18.0 Å². The quantitative estimate of drug-likeness (QED) is 0.792. The average molecular weight is 386 g/mol. The molecule has 1 saturated heterocycles. The number of carboxylic acid groups (broad SMARTS) is 2. The zero-order valence-electron chi connectivity index (χ0n) is 15.9. The third-order valence-corrected chi connectivity index (χ3v) is 4.97. The van der Waals surface area contributed by atoms with Gasteiger partial charge in [-0.15, -0.1) is 0 Å². The molecule has 0 unspecified atom stereocenters. The summed E-state index contributed by atoms with van der Waals surface area (Å²) in [4.78, 5) is 30.8. The maximum absolute atomic E-state index is 13.4. The molecule has 1 aliphatic heterocycles. The van der Waals surface area contributed by atoms with Crippen LogP contribution in [-0.2, 0) is 0 Å². The lowest BCUT2D eigenvalue weighted by atomic mass is 9.90. The smallest absolute Gasteiger partial charge is 0.340 e. The van der Waals surface area contributed by atoms with Gasteiger partial charge in [-0.25, -0.2) is 19.0 Å². The highest BCUT2D eigenvalue weighted by atomic mass is 19.1. The molecule has 0 atom stereocenters. The number of rotatable bonds is 5. The lowest BCUT2D eigenvalue weighted by Gasteiger charge is -2.31. The maximum atomic E-state index is 13.4. The minimum atomic E-state index is -1.25. The second-order valence-corrected chi connectivity index (χ2v) is 7.27. The molecule has 0 bridgehead atoms. The van der Waals surface area contributed by atoms with Crippen molar-refractivity contribution in [3.8, 4) is 11.1 Å². The van der Waals surface area contributed by atoms with Gasteiger partial charge in [-0.2, -0.15) is 0 Å². The predicted molar refractivity (Wildman–Crippen MR) is 104 cm³/mol. The van der Waals surface area contributed by atoms with Crippen LogP contribution in [-0.4, -0.2) is 40.2 Å². The normalized spacial score (nSPS) is 14.4. The highest BCUT2D eigenvalue weighted by molar-refractivity contribution is 6.08. The van der Waals surface area contributed by atoms with Crippen LogP contribution in [0.1, 0.15) is 65.4 Å². The number of anilines is 1. The van der Waals surface area contributed by atoms with Crippen LogP contribution in [0.3, 0.4) is 0 Å². The van der Waals surface area contributed by atoms with Gasteiger partial charge in [-0.05, 0) is 42.9 Å². The molecule has 1 fully saturated rings. The molecule has 2 aromatic rings. The van der Waals surface area contributed by atoms with E-state index in [9.17, 15) is 24.2 Å². The number of nitrogens with zero attached hydrogens (tertiary/aromatic N) is 2. The van der Waals surface area contributed by atoms with Crippen LogP contribution < -0.4 is 4.90 Å². The second-order valence-electron chi connectivity index (χ2n) is 7.27. The summed E-state index contributed by atoms with van der Waals surface area (Å²) < 4.78 is 13.4. The number of carboxylic acids is 2. The fraction of sp³-hybridized carbons (Fsp3) is 0.381. The Hall–Kier alpha value is -2.96. The number of halogens is 1. The lowest BCUT2D eigenvalue weighted by molar-refractivity contribution is 0.0695. The van der Waals surface area contributed by atoms with E-state index >= 15 is 0 Å². The number of hydrogen-bond donors (Lipinski definition) is 2. The number of aromatic nitrogens is 1. The Labute approximate surface area is 162 Å². The first kappa shape index (κ1) is 19.8. The van der Waals surface area contributed by atoms with E-state index in [-0.39, 0.29) is 22.6 Å². The number of aromatic carboxylic acids is 2. The molecule has 1 aromatic carbocycles. The zero-order valence-corrected chi connectivity index (χ0v) is 15.9. The van der Waals surface area contributed by atoms with E-state index in [1.54, 1.807) is 0 Å². The molecule has 1 aliphatic rings. The highest BCUT2D eigenvalue weighted by Crippen LogP contribution is 2.38. The first-order valence-electron chi connectivity index (χ1n) is 9.36. The molecule has 0 aliphatic carbocycles. The van der Waals surface area contributed by atoms with Crippen LogP contribution >= 0.6 is 0 Å². The van der Waals surface area contributed by atoms with Crippen molar-refractivity contribution in [3.05, 3.63) is 46.9 Å². The van der Waals surface area contributed by atoms with Gasteiger partial charge in [0.05, 0.1) is 11.3 Å². The first-order chi connectivity index (χ1) is 13.3. The Morgan fingerprint density at radius 1 is 1.00 bits per heavy atom. The van der Waals surface area contributed by atoms with Crippen molar-refractivity contribution in [3.63, 3.8) is 0 Å². The maximum Gasteiger partial charge on any atom is 0.340 e. The molecule has 2 N–H and O–H groups in total. The summed E-state index contributed by atoms with van der Waals surface area (Å²) in [5.41, 5.74) is 0.477. The van der Waals surface area contributed by atoms with Crippen molar-refractivity contribution in [2.45, 2.75) is 39.0 Å². The third kappa shape index (κ3) is 3.69. The average Bonchev–Trinajstić information content (AvgIpc) is 2.67. The SMILES string of the molecule is CC(C)c1nc(N2CCCCC2)c(C(=O)O)c(-c2ccc(F)cc2)c1C(=O)O. The van der Waals surface area contributed by atoms with Crippen molar-refractivity contribution in [1.29, 1.82) is 0 Å². The molecule has 1 aromatic heterocycles. The fourth-order valence-electron chi connectivity index (χ4n) is 3.67. The van der Waals surface area contributed by atoms with Crippen LogP contribution in [0.15, 0.2) is 24.3 Å². The van der Waals surface area contributed by atoms with E-state index in [1.807, 2.05) is 18.7 Å². The molecule has 0 saturated carbocycles. The predicted octanol–water partition coefficient (Wildman–Crippen LogP) is 4.40. The van der Waals surface area contributed by atoms with Gasteiger partial charge >= 0.3 is 11.9 Å². The third-order valence-electron chi connectivity index (χ3n) is 4.97. The topological polar surface area (TPSA) is 90.7 Å². The minimum absolute atomic E-state index is 0.0827. The number of pyridine rings is 1. The van der Waals surface area contributed by atoms with Crippen LogP contribution in [0.5, 0.6) is 0 Å². The van der Waals surface area contributed by atoms with Gasteiger partial charge in [-0.3, -0.25) is 0 Å². The van der Waals surface area contributed by atoms with Crippen LogP contribution in [0.2, 0.25) is 0 Å². The van der Waals surface area contributed by atoms with E-state index in [2.05, 4.69) is 4.98 Å². The number of benzene rings is 1. The molecule has 28 heavy (non-hydrogen) atoms. The molecule has 2 heterocycles. The number of carbonyl (C=O) groups is 2. The number of hydrogen-bond acceptors (Lipinski definition) is 4. The molecular weight excluding hydrogens is 363 g/mol. The Morgan fingerprint density at radius 2 is 1.57 bits per heavy atom. The Bertz CT molecular complexity index is 904. The van der Waals surface area contributed by atoms with E-state index in [4.69, 9.17) is 0 Å². The molecule has 148 valence electrons.